The Kier molecular flexibility index (Phi) is 2.45. The third-order valence-corrected chi connectivity index (χ3v) is 2.19. The zero-order valence-electron chi connectivity index (χ0n) is 7.18. The van der Waals surface area contributed by atoms with E-state index in [1.165, 1.54) is 0 Å². The Balaban J connectivity index is 2.57. The molecule has 0 aliphatic rings. The Hall–Kier alpha value is -1.42. The van der Waals surface area contributed by atoms with Gasteiger partial charge in [0.15, 0.2) is 0 Å². The fourth-order valence-electron chi connectivity index (χ4n) is 1.12. The van der Waals surface area contributed by atoms with Crippen molar-refractivity contribution in [1.82, 2.24) is 9.97 Å². The van der Waals surface area contributed by atoms with Gasteiger partial charge in [0.2, 0.25) is 0 Å². The highest BCUT2D eigenvalue weighted by Gasteiger charge is 2.06. The number of aromatic hydroxyl groups is 1. The average molecular weight is 251 g/mol. The predicted molar refractivity (Wildman–Crippen MR) is 56.8 cm³/mol. The monoisotopic (exact) mass is 250 g/mol. The Morgan fingerprint density at radius 3 is 2.71 bits per heavy atom. The second-order valence-electron chi connectivity index (χ2n) is 2.72. The minimum absolute atomic E-state index is 0.131. The molecule has 0 spiro atoms. The summed E-state index contributed by atoms with van der Waals surface area (Å²) in [6.07, 6.45) is 1.66. The molecule has 0 saturated carbocycles. The van der Waals surface area contributed by atoms with E-state index in [9.17, 15) is 5.11 Å². The molecule has 0 saturated heterocycles. The lowest BCUT2D eigenvalue weighted by Gasteiger charge is -2.02. The third-order valence-electron chi connectivity index (χ3n) is 1.75. The van der Waals surface area contributed by atoms with Gasteiger partial charge in [-0.3, -0.25) is 4.98 Å². The van der Waals surface area contributed by atoms with Crippen molar-refractivity contribution in [2.45, 2.75) is 0 Å². The van der Waals surface area contributed by atoms with E-state index >= 15 is 0 Å². The van der Waals surface area contributed by atoms with Crippen molar-refractivity contribution in [3.63, 3.8) is 0 Å². The highest BCUT2D eigenvalue weighted by atomic mass is 79.9. The molecular weight excluding hydrogens is 244 g/mol. The number of nitrogens with zero attached hydrogens (tertiary/aromatic N) is 2. The second-order valence-corrected chi connectivity index (χ2v) is 3.53. The second kappa shape index (κ2) is 3.75. The van der Waals surface area contributed by atoms with Crippen molar-refractivity contribution >= 4 is 15.9 Å². The van der Waals surface area contributed by atoms with E-state index in [4.69, 9.17) is 0 Å². The molecule has 0 aromatic carbocycles. The van der Waals surface area contributed by atoms with Crippen LogP contribution in [0.1, 0.15) is 0 Å². The van der Waals surface area contributed by atoms with Gasteiger partial charge in [0, 0.05) is 6.20 Å². The topological polar surface area (TPSA) is 46.0 Å². The molecule has 1 N–H and O–H groups in total. The highest BCUT2D eigenvalue weighted by molar-refractivity contribution is 9.10. The van der Waals surface area contributed by atoms with E-state index in [0.717, 1.165) is 0 Å². The molecule has 2 heterocycles. The average Bonchev–Trinajstić information content (AvgIpc) is 2.23. The molecule has 0 aliphatic heterocycles. The SMILES string of the molecule is Oc1ccc(Br)nc1-c1ccccn1. The minimum Gasteiger partial charge on any atom is -0.506 e. The van der Waals surface area contributed by atoms with Gasteiger partial charge in [-0.15, -0.1) is 0 Å². The van der Waals surface area contributed by atoms with E-state index in [2.05, 4.69) is 25.9 Å². The maximum atomic E-state index is 9.57. The van der Waals surface area contributed by atoms with Crippen molar-refractivity contribution in [2.75, 3.05) is 0 Å². The zero-order valence-corrected chi connectivity index (χ0v) is 8.77. The number of halogens is 1. The van der Waals surface area contributed by atoms with Crippen LogP contribution in [0.4, 0.5) is 0 Å². The molecule has 0 atom stereocenters. The van der Waals surface area contributed by atoms with Crippen LogP contribution in [0.2, 0.25) is 0 Å². The summed E-state index contributed by atoms with van der Waals surface area (Å²) in [4.78, 5) is 8.25. The van der Waals surface area contributed by atoms with E-state index in [1.807, 2.05) is 12.1 Å². The van der Waals surface area contributed by atoms with Crippen LogP contribution < -0.4 is 0 Å². The lowest BCUT2D eigenvalue weighted by Crippen LogP contribution is -1.87. The molecule has 2 rings (SSSR count). The van der Waals surface area contributed by atoms with Crippen molar-refractivity contribution in [2.24, 2.45) is 0 Å². The van der Waals surface area contributed by atoms with Crippen LogP contribution >= 0.6 is 15.9 Å². The van der Waals surface area contributed by atoms with Gasteiger partial charge in [-0.05, 0) is 40.2 Å². The Labute approximate surface area is 89.6 Å². The maximum absolute atomic E-state index is 9.57. The van der Waals surface area contributed by atoms with Crippen LogP contribution in [0, 0.1) is 0 Å². The minimum atomic E-state index is 0.131. The molecule has 0 aliphatic carbocycles. The Morgan fingerprint density at radius 1 is 1.14 bits per heavy atom. The molecule has 0 unspecified atom stereocenters. The molecule has 0 amide bonds. The fraction of sp³-hybridized carbons (Fsp3) is 0. The largest absolute Gasteiger partial charge is 0.506 e. The normalized spacial score (nSPS) is 10.1. The first-order chi connectivity index (χ1) is 6.77. The summed E-state index contributed by atoms with van der Waals surface area (Å²) in [5.41, 5.74) is 1.14. The van der Waals surface area contributed by atoms with E-state index < -0.39 is 0 Å². The van der Waals surface area contributed by atoms with E-state index in [0.29, 0.717) is 16.0 Å². The molecule has 2 aromatic heterocycles. The summed E-state index contributed by atoms with van der Waals surface area (Å²) >= 11 is 3.24. The van der Waals surface area contributed by atoms with Crippen LogP contribution in [-0.4, -0.2) is 15.1 Å². The van der Waals surface area contributed by atoms with Crippen molar-refractivity contribution < 1.29 is 5.11 Å². The van der Waals surface area contributed by atoms with Crippen LogP contribution in [0.3, 0.4) is 0 Å². The molecule has 0 radical (unpaired) electrons. The molecule has 70 valence electrons. The first-order valence-corrected chi connectivity index (χ1v) is 4.83. The summed E-state index contributed by atoms with van der Waals surface area (Å²) < 4.78 is 0.677. The smallest absolute Gasteiger partial charge is 0.143 e. The maximum Gasteiger partial charge on any atom is 0.143 e. The van der Waals surface area contributed by atoms with Crippen LogP contribution in [0.5, 0.6) is 5.75 Å². The number of pyridine rings is 2. The van der Waals surface area contributed by atoms with Gasteiger partial charge in [-0.2, -0.15) is 0 Å². The van der Waals surface area contributed by atoms with Crippen molar-refractivity contribution in [3.05, 3.63) is 41.1 Å². The number of aromatic nitrogens is 2. The molecule has 0 fully saturated rings. The lowest BCUT2D eigenvalue weighted by atomic mass is 10.2. The van der Waals surface area contributed by atoms with Gasteiger partial charge in [0.05, 0.1) is 5.69 Å². The first kappa shape index (κ1) is 9.15. The molecule has 14 heavy (non-hydrogen) atoms. The Bertz CT molecular complexity index is 445. The third kappa shape index (κ3) is 1.75. The quantitative estimate of drug-likeness (QED) is 0.792. The predicted octanol–water partition coefficient (Wildman–Crippen LogP) is 2.61. The molecular formula is C10H7BrN2O. The van der Waals surface area contributed by atoms with Crippen LogP contribution in [-0.2, 0) is 0 Å². The van der Waals surface area contributed by atoms with Gasteiger partial charge in [-0.25, -0.2) is 4.98 Å². The van der Waals surface area contributed by atoms with Crippen molar-refractivity contribution in [3.8, 4) is 17.1 Å². The number of rotatable bonds is 1. The molecule has 3 nitrogen and oxygen atoms in total. The highest BCUT2D eigenvalue weighted by Crippen LogP contribution is 2.26. The van der Waals surface area contributed by atoms with Gasteiger partial charge < -0.3 is 5.11 Å². The fourth-order valence-corrected chi connectivity index (χ4v) is 1.43. The molecule has 4 heteroatoms. The first-order valence-electron chi connectivity index (χ1n) is 4.04. The standard InChI is InChI=1S/C10H7BrN2O/c11-9-5-4-8(14)10(13-9)7-3-1-2-6-12-7/h1-6,14H. The summed E-state index contributed by atoms with van der Waals surface area (Å²) in [5, 5.41) is 9.57. The van der Waals surface area contributed by atoms with E-state index in [1.54, 1.807) is 24.4 Å². The van der Waals surface area contributed by atoms with Gasteiger partial charge in [-0.1, -0.05) is 6.07 Å². The Morgan fingerprint density at radius 2 is 2.00 bits per heavy atom. The summed E-state index contributed by atoms with van der Waals surface area (Å²) in [7, 11) is 0. The van der Waals surface area contributed by atoms with Gasteiger partial charge >= 0.3 is 0 Å². The van der Waals surface area contributed by atoms with Crippen LogP contribution in [0.25, 0.3) is 11.4 Å². The lowest BCUT2D eigenvalue weighted by molar-refractivity contribution is 0.474. The van der Waals surface area contributed by atoms with Gasteiger partial charge in [0.25, 0.3) is 0 Å². The van der Waals surface area contributed by atoms with Crippen LogP contribution in [0.15, 0.2) is 41.1 Å². The van der Waals surface area contributed by atoms with Gasteiger partial charge in [0.1, 0.15) is 16.0 Å². The molecule has 2 aromatic rings. The number of hydrogen-bond donors (Lipinski definition) is 1. The van der Waals surface area contributed by atoms with Crippen molar-refractivity contribution in [1.29, 1.82) is 0 Å². The summed E-state index contributed by atoms with van der Waals surface area (Å²) in [6, 6.07) is 8.74. The number of hydrogen-bond acceptors (Lipinski definition) is 3. The summed E-state index contributed by atoms with van der Waals surface area (Å²) in [5.74, 6) is 0.131. The zero-order chi connectivity index (χ0) is 9.97. The summed E-state index contributed by atoms with van der Waals surface area (Å²) in [6.45, 7) is 0. The molecule has 0 bridgehead atoms. The van der Waals surface area contributed by atoms with E-state index in [-0.39, 0.29) is 5.75 Å².